The van der Waals surface area contributed by atoms with Crippen molar-refractivity contribution in [2.24, 2.45) is 0 Å². The van der Waals surface area contributed by atoms with Gasteiger partial charge in [0.2, 0.25) is 5.91 Å². The first-order valence-corrected chi connectivity index (χ1v) is 7.55. The van der Waals surface area contributed by atoms with E-state index in [0.29, 0.717) is 6.42 Å². The Morgan fingerprint density at radius 2 is 1.64 bits per heavy atom. The molecule has 0 unspecified atom stereocenters. The van der Waals surface area contributed by atoms with Crippen LogP contribution < -0.4 is 15.4 Å². The van der Waals surface area contributed by atoms with Gasteiger partial charge in [0.15, 0.2) is 0 Å². The molecule has 2 N–H and O–H groups in total. The number of carbonyl (C=O) groups excluding carboxylic acids is 1. The maximum atomic E-state index is 11.8. The van der Waals surface area contributed by atoms with E-state index in [1.54, 1.807) is 0 Å². The van der Waals surface area contributed by atoms with Crippen molar-refractivity contribution in [1.82, 2.24) is 5.32 Å². The first-order valence-electron chi connectivity index (χ1n) is 7.55. The van der Waals surface area contributed by atoms with Crippen molar-refractivity contribution in [3.05, 3.63) is 54.6 Å². The average molecular weight is 298 g/mol. The Balaban J connectivity index is 1.80. The number of hydrogen-bond acceptors (Lipinski definition) is 3. The van der Waals surface area contributed by atoms with E-state index in [1.807, 2.05) is 61.6 Å². The number of carbonyl (C=O) groups is 1. The predicted octanol–water partition coefficient (Wildman–Crippen LogP) is 3.81. The van der Waals surface area contributed by atoms with Gasteiger partial charge in [-0.05, 0) is 62.8 Å². The highest BCUT2D eigenvalue weighted by atomic mass is 16.5. The molecule has 0 aliphatic heterocycles. The summed E-state index contributed by atoms with van der Waals surface area (Å²) < 4.78 is 5.71. The van der Waals surface area contributed by atoms with Gasteiger partial charge in [-0.2, -0.15) is 0 Å². The van der Waals surface area contributed by atoms with Crippen LogP contribution in [0.15, 0.2) is 54.6 Å². The van der Waals surface area contributed by atoms with Crippen LogP contribution in [0, 0.1) is 0 Å². The maximum absolute atomic E-state index is 11.8. The number of rotatable bonds is 8. The van der Waals surface area contributed by atoms with Crippen LogP contribution in [-0.2, 0) is 4.79 Å². The van der Waals surface area contributed by atoms with Gasteiger partial charge >= 0.3 is 0 Å². The van der Waals surface area contributed by atoms with Crippen LogP contribution in [0.2, 0.25) is 0 Å². The van der Waals surface area contributed by atoms with Gasteiger partial charge < -0.3 is 15.4 Å². The molecule has 22 heavy (non-hydrogen) atoms. The standard InChI is InChI=1S/C18H22N2O2/c1-19-14-6-5-9-18(21)20-15-10-12-17(13-11-15)22-16-7-3-2-4-8-16/h2-4,7-8,10-13,19H,5-6,9,14H2,1H3,(H,20,21). The Hall–Kier alpha value is -2.33. The molecule has 0 aliphatic carbocycles. The van der Waals surface area contributed by atoms with E-state index in [9.17, 15) is 4.79 Å². The van der Waals surface area contributed by atoms with Gasteiger partial charge in [-0.25, -0.2) is 0 Å². The Kier molecular flexibility index (Phi) is 6.45. The Labute approximate surface area is 131 Å². The first-order chi connectivity index (χ1) is 10.8. The maximum Gasteiger partial charge on any atom is 0.224 e. The molecule has 2 rings (SSSR count). The van der Waals surface area contributed by atoms with Crippen LogP contribution in [0.4, 0.5) is 5.69 Å². The van der Waals surface area contributed by atoms with Crippen molar-refractivity contribution in [1.29, 1.82) is 0 Å². The Morgan fingerprint density at radius 1 is 0.955 bits per heavy atom. The zero-order valence-corrected chi connectivity index (χ0v) is 12.8. The van der Waals surface area contributed by atoms with E-state index in [4.69, 9.17) is 4.74 Å². The summed E-state index contributed by atoms with van der Waals surface area (Å²) in [5.74, 6) is 1.59. The number of para-hydroxylation sites is 1. The lowest BCUT2D eigenvalue weighted by Gasteiger charge is -2.08. The number of anilines is 1. The topological polar surface area (TPSA) is 50.4 Å². The highest BCUT2D eigenvalue weighted by molar-refractivity contribution is 5.90. The number of nitrogens with one attached hydrogen (secondary N) is 2. The molecule has 0 saturated heterocycles. The fraction of sp³-hybridized carbons (Fsp3) is 0.278. The molecule has 2 aromatic carbocycles. The number of amides is 1. The molecule has 2 aromatic rings. The van der Waals surface area contributed by atoms with Crippen molar-refractivity contribution in [3.8, 4) is 11.5 Å². The van der Waals surface area contributed by atoms with Crippen molar-refractivity contribution < 1.29 is 9.53 Å². The summed E-state index contributed by atoms with van der Waals surface area (Å²) >= 11 is 0. The van der Waals surface area contributed by atoms with Crippen LogP contribution in [-0.4, -0.2) is 19.5 Å². The molecule has 0 fully saturated rings. The molecule has 0 radical (unpaired) electrons. The largest absolute Gasteiger partial charge is 0.457 e. The molecule has 4 nitrogen and oxygen atoms in total. The third-order valence-corrected chi connectivity index (χ3v) is 3.20. The number of hydrogen-bond donors (Lipinski definition) is 2. The minimum absolute atomic E-state index is 0.0489. The Morgan fingerprint density at radius 3 is 2.32 bits per heavy atom. The summed E-state index contributed by atoms with van der Waals surface area (Å²) in [7, 11) is 1.92. The lowest BCUT2D eigenvalue weighted by Crippen LogP contribution is -2.13. The van der Waals surface area contributed by atoms with Crippen molar-refractivity contribution in [2.45, 2.75) is 19.3 Å². The second-order valence-electron chi connectivity index (χ2n) is 5.05. The molecule has 0 bridgehead atoms. The van der Waals surface area contributed by atoms with Crippen LogP contribution in [0.1, 0.15) is 19.3 Å². The molecule has 0 atom stereocenters. The molecule has 0 saturated carbocycles. The molecular weight excluding hydrogens is 276 g/mol. The average Bonchev–Trinajstić information content (AvgIpc) is 2.54. The highest BCUT2D eigenvalue weighted by Gasteiger charge is 2.03. The van der Waals surface area contributed by atoms with E-state index < -0.39 is 0 Å². The summed E-state index contributed by atoms with van der Waals surface area (Å²) in [6, 6.07) is 17.0. The summed E-state index contributed by atoms with van der Waals surface area (Å²) in [6.45, 7) is 0.943. The van der Waals surface area contributed by atoms with E-state index in [-0.39, 0.29) is 5.91 Å². The van der Waals surface area contributed by atoms with Gasteiger partial charge in [0.1, 0.15) is 11.5 Å². The van der Waals surface area contributed by atoms with Crippen LogP contribution >= 0.6 is 0 Å². The molecule has 0 heterocycles. The number of ether oxygens (including phenoxy) is 1. The SMILES string of the molecule is CNCCCCC(=O)Nc1ccc(Oc2ccccc2)cc1. The third kappa shape index (κ3) is 5.58. The smallest absolute Gasteiger partial charge is 0.224 e. The third-order valence-electron chi connectivity index (χ3n) is 3.20. The summed E-state index contributed by atoms with van der Waals surface area (Å²) in [6.07, 6.45) is 2.44. The first kappa shape index (κ1) is 16.0. The normalized spacial score (nSPS) is 10.2. The van der Waals surface area contributed by atoms with Gasteiger partial charge in [0.25, 0.3) is 0 Å². The van der Waals surface area contributed by atoms with Crippen molar-refractivity contribution in [3.63, 3.8) is 0 Å². The van der Waals surface area contributed by atoms with Gasteiger partial charge in [-0.15, -0.1) is 0 Å². The van der Waals surface area contributed by atoms with Gasteiger partial charge in [0, 0.05) is 12.1 Å². The molecule has 1 amide bonds. The van der Waals surface area contributed by atoms with Gasteiger partial charge in [-0.3, -0.25) is 4.79 Å². The fourth-order valence-corrected chi connectivity index (χ4v) is 2.04. The monoisotopic (exact) mass is 298 g/mol. The van der Waals surface area contributed by atoms with E-state index in [0.717, 1.165) is 36.6 Å². The van der Waals surface area contributed by atoms with E-state index >= 15 is 0 Å². The van der Waals surface area contributed by atoms with Crippen LogP contribution in [0.5, 0.6) is 11.5 Å². The van der Waals surface area contributed by atoms with Crippen LogP contribution in [0.25, 0.3) is 0 Å². The van der Waals surface area contributed by atoms with Crippen molar-refractivity contribution in [2.75, 3.05) is 18.9 Å². The minimum atomic E-state index is 0.0489. The van der Waals surface area contributed by atoms with Gasteiger partial charge in [0.05, 0.1) is 0 Å². The number of unbranched alkanes of at least 4 members (excludes halogenated alkanes) is 1. The molecule has 116 valence electrons. The molecule has 4 heteroatoms. The minimum Gasteiger partial charge on any atom is -0.457 e. The predicted molar refractivity (Wildman–Crippen MR) is 89.4 cm³/mol. The summed E-state index contributed by atoms with van der Waals surface area (Å²) in [5.41, 5.74) is 0.791. The van der Waals surface area contributed by atoms with Crippen molar-refractivity contribution >= 4 is 11.6 Å². The van der Waals surface area contributed by atoms with E-state index in [2.05, 4.69) is 10.6 Å². The lowest BCUT2D eigenvalue weighted by atomic mass is 10.2. The highest BCUT2D eigenvalue weighted by Crippen LogP contribution is 2.22. The fourth-order valence-electron chi connectivity index (χ4n) is 2.04. The molecule has 0 spiro atoms. The number of benzene rings is 2. The van der Waals surface area contributed by atoms with Gasteiger partial charge in [-0.1, -0.05) is 18.2 Å². The lowest BCUT2D eigenvalue weighted by molar-refractivity contribution is -0.116. The molecular formula is C18H22N2O2. The zero-order valence-electron chi connectivity index (χ0n) is 12.8. The van der Waals surface area contributed by atoms with Crippen LogP contribution in [0.3, 0.4) is 0 Å². The quantitative estimate of drug-likeness (QED) is 0.729. The second-order valence-corrected chi connectivity index (χ2v) is 5.05. The Bertz CT molecular complexity index is 567. The zero-order chi connectivity index (χ0) is 15.6. The molecule has 0 aromatic heterocycles. The second kappa shape index (κ2) is 8.85. The summed E-state index contributed by atoms with van der Waals surface area (Å²) in [5, 5.41) is 5.97. The molecule has 0 aliphatic rings. The van der Waals surface area contributed by atoms with E-state index in [1.165, 1.54) is 0 Å². The summed E-state index contributed by atoms with van der Waals surface area (Å²) in [4.78, 5) is 11.8.